The van der Waals surface area contributed by atoms with Gasteiger partial charge in [0.25, 0.3) is 5.91 Å². The lowest BCUT2D eigenvalue weighted by molar-refractivity contribution is -0.137. The second-order valence-corrected chi connectivity index (χ2v) is 5.48. The third-order valence-electron chi connectivity index (χ3n) is 3.49. The molecule has 2 aromatic carbocycles. The van der Waals surface area contributed by atoms with Crippen LogP contribution in [0.1, 0.15) is 34.0 Å². The quantitative estimate of drug-likeness (QED) is 0.870. The van der Waals surface area contributed by atoms with Crippen LogP contribution in [0.15, 0.2) is 48.5 Å². The van der Waals surface area contributed by atoms with Gasteiger partial charge in [-0.25, -0.2) is 0 Å². The van der Waals surface area contributed by atoms with Gasteiger partial charge in [-0.05, 0) is 35.4 Å². The van der Waals surface area contributed by atoms with E-state index in [4.69, 9.17) is 0 Å². The SMILES string of the molecule is CC(=O)NCc1ccc(C(=O)NCc2ccc(C(F)(F)F)cc2)cc1. The van der Waals surface area contributed by atoms with E-state index in [0.717, 1.165) is 17.7 Å². The molecular formula is C18H17F3N2O2. The maximum atomic E-state index is 12.5. The fourth-order valence-electron chi connectivity index (χ4n) is 2.10. The molecule has 0 aliphatic rings. The Hall–Kier alpha value is -2.83. The number of hydrogen-bond donors (Lipinski definition) is 2. The molecule has 0 atom stereocenters. The predicted octanol–water partition coefficient (Wildman–Crippen LogP) is 3.27. The summed E-state index contributed by atoms with van der Waals surface area (Å²) < 4.78 is 37.5. The topological polar surface area (TPSA) is 58.2 Å². The number of carbonyl (C=O) groups is 2. The maximum Gasteiger partial charge on any atom is 0.416 e. The van der Waals surface area contributed by atoms with Crippen molar-refractivity contribution in [1.82, 2.24) is 10.6 Å². The summed E-state index contributed by atoms with van der Waals surface area (Å²) in [5.74, 6) is -0.468. The Labute approximate surface area is 143 Å². The molecule has 25 heavy (non-hydrogen) atoms. The monoisotopic (exact) mass is 350 g/mol. The highest BCUT2D eigenvalue weighted by atomic mass is 19.4. The molecular weight excluding hydrogens is 333 g/mol. The van der Waals surface area contributed by atoms with Crippen molar-refractivity contribution in [3.63, 3.8) is 0 Å². The van der Waals surface area contributed by atoms with Crippen molar-refractivity contribution in [2.75, 3.05) is 0 Å². The van der Waals surface area contributed by atoms with Crippen LogP contribution in [0.25, 0.3) is 0 Å². The Morgan fingerprint density at radius 1 is 0.840 bits per heavy atom. The molecule has 0 radical (unpaired) electrons. The van der Waals surface area contributed by atoms with Crippen molar-refractivity contribution >= 4 is 11.8 Å². The minimum atomic E-state index is -4.37. The first-order valence-corrected chi connectivity index (χ1v) is 7.53. The summed E-state index contributed by atoms with van der Waals surface area (Å²) in [4.78, 5) is 22.9. The lowest BCUT2D eigenvalue weighted by Crippen LogP contribution is -2.23. The molecule has 0 bridgehead atoms. The van der Waals surface area contributed by atoms with Crippen molar-refractivity contribution in [3.8, 4) is 0 Å². The van der Waals surface area contributed by atoms with Gasteiger partial charge in [0.15, 0.2) is 0 Å². The van der Waals surface area contributed by atoms with Gasteiger partial charge in [0, 0.05) is 25.6 Å². The molecule has 0 aliphatic carbocycles. The minimum Gasteiger partial charge on any atom is -0.352 e. The van der Waals surface area contributed by atoms with E-state index in [-0.39, 0.29) is 18.4 Å². The summed E-state index contributed by atoms with van der Waals surface area (Å²) in [7, 11) is 0. The first-order chi connectivity index (χ1) is 11.8. The molecule has 0 fully saturated rings. The average molecular weight is 350 g/mol. The van der Waals surface area contributed by atoms with Crippen LogP contribution in [0.2, 0.25) is 0 Å². The third-order valence-corrected chi connectivity index (χ3v) is 3.49. The number of nitrogens with one attached hydrogen (secondary N) is 2. The van der Waals surface area contributed by atoms with Gasteiger partial charge in [0.05, 0.1) is 5.56 Å². The van der Waals surface area contributed by atoms with Gasteiger partial charge in [-0.2, -0.15) is 13.2 Å². The number of hydrogen-bond acceptors (Lipinski definition) is 2. The number of benzene rings is 2. The highest BCUT2D eigenvalue weighted by Gasteiger charge is 2.29. The van der Waals surface area contributed by atoms with Crippen molar-refractivity contribution in [2.45, 2.75) is 26.2 Å². The zero-order valence-corrected chi connectivity index (χ0v) is 13.5. The molecule has 2 rings (SSSR count). The molecule has 2 amide bonds. The Morgan fingerprint density at radius 2 is 1.32 bits per heavy atom. The van der Waals surface area contributed by atoms with Crippen molar-refractivity contribution in [2.24, 2.45) is 0 Å². The number of carbonyl (C=O) groups excluding carboxylic acids is 2. The number of rotatable bonds is 5. The van der Waals surface area contributed by atoms with Gasteiger partial charge in [-0.3, -0.25) is 9.59 Å². The molecule has 0 saturated heterocycles. The molecule has 2 N–H and O–H groups in total. The van der Waals surface area contributed by atoms with E-state index in [0.29, 0.717) is 17.7 Å². The van der Waals surface area contributed by atoms with E-state index in [1.807, 2.05) is 0 Å². The molecule has 4 nitrogen and oxygen atoms in total. The average Bonchev–Trinajstić information content (AvgIpc) is 2.58. The van der Waals surface area contributed by atoms with Crippen LogP contribution >= 0.6 is 0 Å². The predicted molar refractivity (Wildman–Crippen MR) is 86.6 cm³/mol. The van der Waals surface area contributed by atoms with E-state index in [1.54, 1.807) is 24.3 Å². The van der Waals surface area contributed by atoms with E-state index in [2.05, 4.69) is 10.6 Å². The molecule has 0 spiro atoms. The number of alkyl halides is 3. The van der Waals surface area contributed by atoms with Gasteiger partial charge in [0.2, 0.25) is 5.91 Å². The molecule has 0 unspecified atom stereocenters. The Balaban J connectivity index is 1.90. The summed E-state index contributed by atoms with van der Waals surface area (Å²) in [6.45, 7) is 1.93. The summed E-state index contributed by atoms with van der Waals surface area (Å²) in [6, 6.07) is 11.3. The van der Waals surface area contributed by atoms with Gasteiger partial charge >= 0.3 is 6.18 Å². The Morgan fingerprint density at radius 3 is 1.80 bits per heavy atom. The number of halogens is 3. The zero-order valence-electron chi connectivity index (χ0n) is 13.5. The molecule has 0 aliphatic heterocycles. The third kappa shape index (κ3) is 5.63. The standard InChI is InChI=1S/C18H17F3N2O2/c1-12(24)22-10-13-2-6-15(7-3-13)17(25)23-11-14-4-8-16(9-5-14)18(19,20)21/h2-9H,10-11H2,1H3,(H,22,24)(H,23,25). The van der Waals surface area contributed by atoms with Crippen LogP contribution in [0, 0.1) is 0 Å². The van der Waals surface area contributed by atoms with Crippen LogP contribution in [0.4, 0.5) is 13.2 Å². The lowest BCUT2D eigenvalue weighted by atomic mass is 10.1. The summed E-state index contributed by atoms with van der Waals surface area (Å²) in [6.07, 6.45) is -4.37. The highest BCUT2D eigenvalue weighted by Crippen LogP contribution is 2.29. The van der Waals surface area contributed by atoms with Gasteiger partial charge in [-0.1, -0.05) is 24.3 Å². The fraction of sp³-hybridized carbons (Fsp3) is 0.222. The summed E-state index contributed by atoms with van der Waals surface area (Å²) in [5.41, 5.74) is 1.13. The summed E-state index contributed by atoms with van der Waals surface area (Å²) >= 11 is 0. The lowest BCUT2D eigenvalue weighted by Gasteiger charge is -2.09. The second-order valence-electron chi connectivity index (χ2n) is 5.48. The van der Waals surface area contributed by atoms with Gasteiger partial charge in [0.1, 0.15) is 0 Å². The van der Waals surface area contributed by atoms with E-state index in [1.165, 1.54) is 19.1 Å². The smallest absolute Gasteiger partial charge is 0.352 e. The van der Waals surface area contributed by atoms with E-state index >= 15 is 0 Å². The first kappa shape index (κ1) is 18.5. The number of amides is 2. The molecule has 0 saturated carbocycles. The van der Waals surface area contributed by atoms with Gasteiger partial charge in [-0.15, -0.1) is 0 Å². The van der Waals surface area contributed by atoms with E-state index < -0.39 is 11.7 Å². The molecule has 2 aromatic rings. The maximum absolute atomic E-state index is 12.5. The summed E-state index contributed by atoms with van der Waals surface area (Å²) in [5, 5.41) is 5.31. The Bertz CT molecular complexity index is 738. The van der Waals surface area contributed by atoms with Gasteiger partial charge < -0.3 is 10.6 Å². The molecule has 0 heterocycles. The largest absolute Gasteiger partial charge is 0.416 e. The van der Waals surface area contributed by atoms with E-state index in [9.17, 15) is 22.8 Å². The minimum absolute atomic E-state index is 0.130. The van der Waals surface area contributed by atoms with Crippen LogP contribution < -0.4 is 10.6 Å². The fourth-order valence-corrected chi connectivity index (χ4v) is 2.10. The van der Waals surface area contributed by atoms with Crippen molar-refractivity contribution in [1.29, 1.82) is 0 Å². The van der Waals surface area contributed by atoms with Crippen LogP contribution in [0.3, 0.4) is 0 Å². The van der Waals surface area contributed by atoms with Crippen LogP contribution in [0.5, 0.6) is 0 Å². The van der Waals surface area contributed by atoms with Crippen LogP contribution in [-0.2, 0) is 24.1 Å². The molecule has 7 heteroatoms. The second kappa shape index (κ2) is 7.83. The highest BCUT2D eigenvalue weighted by molar-refractivity contribution is 5.94. The molecule has 0 aromatic heterocycles. The van der Waals surface area contributed by atoms with Crippen LogP contribution in [-0.4, -0.2) is 11.8 Å². The van der Waals surface area contributed by atoms with Crippen molar-refractivity contribution in [3.05, 3.63) is 70.8 Å². The molecule has 132 valence electrons. The zero-order chi connectivity index (χ0) is 18.4. The van der Waals surface area contributed by atoms with Crippen molar-refractivity contribution < 1.29 is 22.8 Å². The normalized spacial score (nSPS) is 11.0. The first-order valence-electron chi connectivity index (χ1n) is 7.53. The Kier molecular flexibility index (Phi) is 5.80.